The molecule has 2 saturated heterocycles. The van der Waals surface area contributed by atoms with Gasteiger partial charge >= 0.3 is 5.92 Å². The Bertz CT molecular complexity index is 2620. The molecule has 2 aliphatic carbocycles. The molecular formula is C48H56F3N11O9. The van der Waals surface area contributed by atoms with Gasteiger partial charge < -0.3 is 40.1 Å². The summed E-state index contributed by atoms with van der Waals surface area (Å²) in [7, 11) is 2.62. The first-order valence-corrected chi connectivity index (χ1v) is 24.0. The SMILES string of the molecule is COc1cc(C(=O)NC2CCC(N3CCN(C(=O)COCCNc4cccc5c4C(=O)N(C4CCC(=O)NC4=O)C5=O)CC3)CC2)c(F)cc1Nc1ncc2c(n1)N(C1CCCC1)CC(F)(F)C(=O)N2C. The topological polar surface area (TPSA) is 228 Å². The number of hydrogen-bond acceptors (Lipinski definition) is 15. The maximum absolute atomic E-state index is 15.7. The number of ether oxygens (including phenoxy) is 2. The van der Waals surface area contributed by atoms with Crippen LogP contribution in [0.5, 0.6) is 5.75 Å². The average Bonchev–Trinajstić information content (AvgIpc) is 3.98. The van der Waals surface area contributed by atoms with Crippen molar-refractivity contribution in [1.29, 1.82) is 0 Å². The Hall–Kier alpha value is -6.88. The highest BCUT2D eigenvalue weighted by Gasteiger charge is 2.49. The van der Waals surface area contributed by atoms with E-state index in [0.29, 0.717) is 57.5 Å². The molecule has 1 aromatic heterocycles. The number of methoxy groups -OCH3 is 1. The molecule has 4 fully saturated rings. The first-order chi connectivity index (χ1) is 34.1. The van der Waals surface area contributed by atoms with Gasteiger partial charge in [0, 0.05) is 76.1 Å². The Balaban J connectivity index is 0.714. The second kappa shape index (κ2) is 20.5. The van der Waals surface area contributed by atoms with E-state index in [1.807, 2.05) is 0 Å². The molecule has 6 aliphatic rings. The molecule has 0 radical (unpaired) electrons. The number of carbonyl (C=O) groups excluding carboxylic acids is 7. The molecule has 1 unspecified atom stereocenters. The molecule has 9 rings (SSSR count). The second-order valence-electron chi connectivity index (χ2n) is 18.7. The van der Waals surface area contributed by atoms with Gasteiger partial charge in [-0.05, 0) is 63.1 Å². The van der Waals surface area contributed by atoms with Gasteiger partial charge in [-0.2, -0.15) is 13.8 Å². The number of halogens is 3. The van der Waals surface area contributed by atoms with Gasteiger partial charge in [0.05, 0.1) is 48.8 Å². The first-order valence-electron chi connectivity index (χ1n) is 24.0. The lowest BCUT2D eigenvalue weighted by Crippen LogP contribution is -2.54. The predicted octanol–water partition coefficient (Wildman–Crippen LogP) is 3.44. The first kappa shape index (κ1) is 49.1. The van der Waals surface area contributed by atoms with Crippen molar-refractivity contribution < 1.29 is 56.2 Å². The Morgan fingerprint density at radius 1 is 0.915 bits per heavy atom. The number of rotatable bonds is 14. The third kappa shape index (κ3) is 10.1. The molecule has 0 spiro atoms. The number of amides is 7. The van der Waals surface area contributed by atoms with Crippen molar-refractivity contribution in [1.82, 2.24) is 35.3 Å². The standard InChI is InChI=1S/C48H56F3N11O9/c1-58-36-24-53-47(57-41(36)61(29-6-3-4-7-29)26-48(50,51)46(58)69)55-34-23-32(49)31(22-37(34)70-2)42(65)54-27-10-12-28(13-11-27)59-17-19-60(20-18-59)39(64)25-71-21-16-52-33-9-5-8-30-40(33)45(68)62(44(30)67)35-14-15-38(63)56-43(35)66/h5,8-9,22-24,27-29,35,52H,3-4,6-7,10-21,25-26H2,1-2H3,(H,54,65)(H,53,55,57)(H,56,63,66). The fourth-order valence-electron chi connectivity index (χ4n) is 10.6. The molecule has 23 heteroatoms. The maximum Gasteiger partial charge on any atom is 0.342 e. The summed E-state index contributed by atoms with van der Waals surface area (Å²) in [5.74, 6) is -8.69. The number of imide groups is 2. The highest BCUT2D eigenvalue weighted by molar-refractivity contribution is 6.25. The van der Waals surface area contributed by atoms with Gasteiger partial charge in [-0.3, -0.25) is 48.7 Å². The Morgan fingerprint density at radius 3 is 2.38 bits per heavy atom. The summed E-state index contributed by atoms with van der Waals surface area (Å²) < 4.78 is 57.1. The maximum atomic E-state index is 15.7. The quantitative estimate of drug-likeness (QED) is 0.134. The summed E-state index contributed by atoms with van der Waals surface area (Å²) in [6.45, 7) is 1.79. The lowest BCUT2D eigenvalue weighted by molar-refractivity contribution is -0.140. The lowest BCUT2D eigenvalue weighted by atomic mass is 9.89. The normalized spacial score (nSPS) is 22.8. The molecule has 20 nitrogen and oxygen atoms in total. The molecular weight excluding hydrogens is 932 g/mol. The summed E-state index contributed by atoms with van der Waals surface area (Å²) >= 11 is 0. The van der Waals surface area contributed by atoms with E-state index < -0.39 is 59.8 Å². The zero-order valence-electron chi connectivity index (χ0n) is 39.4. The predicted molar refractivity (Wildman–Crippen MR) is 250 cm³/mol. The van der Waals surface area contributed by atoms with Crippen LogP contribution in [0.25, 0.3) is 0 Å². The van der Waals surface area contributed by atoms with Crippen molar-refractivity contribution in [3.05, 3.63) is 59.0 Å². The van der Waals surface area contributed by atoms with E-state index >= 15 is 13.2 Å². The minimum Gasteiger partial charge on any atom is -0.495 e. The van der Waals surface area contributed by atoms with Gasteiger partial charge in [-0.1, -0.05) is 18.9 Å². The number of fused-ring (bicyclic) bond motifs is 2. The molecule has 4 N–H and O–H groups in total. The van der Waals surface area contributed by atoms with E-state index in [1.165, 1.54) is 37.4 Å². The molecule has 1 atom stereocenters. The monoisotopic (exact) mass is 987 g/mol. The Labute approximate surface area is 406 Å². The van der Waals surface area contributed by atoms with E-state index in [0.717, 1.165) is 41.5 Å². The van der Waals surface area contributed by atoms with Crippen LogP contribution in [0, 0.1) is 5.82 Å². The van der Waals surface area contributed by atoms with E-state index in [1.54, 1.807) is 17.0 Å². The number of piperazine rings is 1. The molecule has 0 bridgehead atoms. The van der Waals surface area contributed by atoms with Crippen LogP contribution in [0.2, 0.25) is 0 Å². The largest absolute Gasteiger partial charge is 0.495 e. The minimum absolute atomic E-state index is 0.0216. The van der Waals surface area contributed by atoms with Crippen molar-refractivity contribution in [2.75, 3.05) is 87.1 Å². The minimum atomic E-state index is -3.64. The molecule has 378 valence electrons. The van der Waals surface area contributed by atoms with Crippen molar-refractivity contribution in [3.63, 3.8) is 0 Å². The number of piperidine rings is 1. The third-order valence-corrected chi connectivity index (χ3v) is 14.4. The number of nitrogens with one attached hydrogen (secondary N) is 4. The number of benzene rings is 2. The highest BCUT2D eigenvalue weighted by atomic mass is 19.3. The fourth-order valence-corrected chi connectivity index (χ4v) is 10.6. The van der Waals surface area contributed by atoms with Crippen LogP contribution in [0.3, 0.4) is 0 Å². The fraction of sp³-hybridized carbons (Fsp3) is 0.521. The van der Waals surface area contributed by atoms with Gasteiger partial charge in [-0.15, -0.1) is 0 Å². The smallest absolute Gasteiger partial charge is 0.342 e. The highest BCUT2D eigenvalue weighted by Crippen LogP contribution is 2.41. The van der Waals surface area contributed by atoms with Crippen LogP contribution < -0.4 is 35.8 Å². The van der Waals surface area contributed by atoms with Gasteiger partial charge in [0.1, 0.15) is 29.9 Å². The Kier molecular flexibility index (Phi) is 14.2. The molecule has 3 aromatic rings. The van der Waals surface area contributed by atoms with E-state index in [9.17, 15) is 33.6 Å². The van der Waals surface area contributed by atoms with Crippen LogP contribution in [0.4, 0.5) is 42.0 Å². The molecule has 5 heterocycles. The number of hydrogen-bond donors (Lipinski definition) is 4. The van der Waals surface area contributed by atoms with Gasteiger partial charge in [0.25, 0.3) is 23.6 Å². The average molecular weight is 988 g/mol. The van der Waals surface area contributed by atoms with Crippen LogP contribution in [-0.4, -0.2) is 163 Å². The number of aromatic nitrogens is 2. The van der Waals surface area contributed by atoms with E-state index in [4.69, 9.17) is 9.47 Å². The molecule has 7 amide bonds. The number of nitrogens with zero attached hydrogens (tertiary/aromatic N) is 7. The number of alkyl halides is 2. The van der Waals surface area contributed by atoms with Crippen LogP contribution in [0.15, 0.2) is 36.5 Å². The van der Waals surface area contributed by atoms with Crippen LogP contribution in [0.1, 0.15) is 95.3 Å². The molecule has 2 saturated carbocycles. The number of anilines is 5. The van der Waals surface area contributed by atoms with Gasteiger partial charge in [0.15, 0.2) is 5.82 Å². The zero-order valence-corrected chi connectivity index (χ0v) is 39.4. The summed E-state index contributed by atoms with van der Waals surface area (Å²) in [5.41, 5.74) is 0.707. The third-order valence-electron chi connectivity index (χ3n) is 14.4. The van der Waals surface area contributed by atoms with Crippen molar-refractivity contribution in [3.8, 4) is 5.75 Å². The Morgan fingerprint density at radius 2 is 1.66 bits per heavy atom. The summed E-state index contributed by atoms with van der Waals surface area (Å²) in [5, 5.41) is 11.2. The summed E-state index contributed by atoms with van der Waals surface area (Å²) in [6.07, 6.45) is 7.36. The van der Waals surface area contributed by atoms with Crippen molar-refractivity contribution in [2.24, 2.45) is 0 Å². The van der Waals surface area contributed by atoms with E-state index in [-0.39, 0.29) is 102 Å². The van der Waals surface area contributed by atoms with Crippen LogP contribution >= 0.6 is 0 Å². The van der Waals surface area contributed by atoms with E-state index in [2.05, 4.69) is 36.1 Å². The number of carbonyl (C=O) groups is 7. The van der Waals surface area contributed by atoms with Crippen LogP contribution in [-0.2, 0) is 23.9 Å². The zero-order chi connectivity index (χ0) is 50.1. The van der Waals surface area contributed by atoms with Crippen molar-refractivity contribution in [2.45, 2.75) is 94.3 Å². The summed E-state index contributed by atoms with van der Waals surface area (Å²) in [6, 6.07) is 5.91. The second-order valence-corrected chi connectivity index (χ2v) is 18.7. The van der Waals surface area contributed by atoms with Crippen molar-refractivity contribution >= 4 is 70.2 Å². The molecule has 71 heavy (non-hydrogen) atoms. The molecule has 4 aliphatic heterocycles. The summed E-state index contributed by atoms with van der Waals surface area (Å²) in [4.78, 5) is 106. The lowest BCUT2D eigenvalue weighted by Gasteiger charge is -2.42. The van der Waals surface area contributed by atoms with Gasteiger partial charge in [0.2, 0.25) is 23.7 Å². The molecule has 2 aromatic carbocycles. The van der Waals surface area contributed by atoms with Gasteiger partial charge in [-0.25, -0.2) is 9.37 Å².